The number of thiophene rings is 2. The molecule has 0 aliphatic carbocycles. The van der Waals surface area contributed by atoms with E-state index < -0.39 is 11.2 Å². The number of phenolic OH excluding ortho intramolecular Hbond substituents is 1. The number of aromatic amines is 1. The van der Waals surface area contributed by atoms with Crippen molar-refractivity contribution in [2.24, 2.45) is 4.99 Å². The normalized spacial score (nSPS) is 21.4. The average Bonchev–Trinajstić information content (AvgIpc) is 3.84. The van der Waals surface area contributed by atoms with Crippen LogP contribution in [0.25, 0.3) is 30.7 Å². The molecule has 0 bridgehead atoms. The molecule has 3 aliphatic heterocycles. The van der Waals surface area contributed by atoms with Crippen molar-refractivity contribution in [3.8, 4) is 22.1 Å². The lowest BCUT2D eigenvalue weighted by atomic mass is 10.1. The lowest BCUT2D eigenvalue weighted by Gasteiger charge is -2.29. The van der Waals surface area contributed by atoms with Gasteiger partial charge in [-0.2, -0.15) is 0 Å². The zero-order valence-electron chi connectivity index (χ0n) is 29.0. The number of aliphatic imine (C=N–C) groups is 1. The number of phenols is 1. The fourth-order valence-corrected chi connectivity index (χ4v) is 9.19. The van der Waals surface area contributed by atoms with Gasteiger partial charge in [-0.15, -0.1) is 22.7 Å². The summed E-state index contributed by atoms with van der Waals surface area (Å²) in [5.41, 5.74) is -0.326. The number of methoxy groups -OCH3 is 1. The molecular formula is C35H44N6O6S2. The number of carbonyl (C=O) groups is 2. The van der Waals surface area contributed by atoms with E-state index >= 15 is 0 Å². The molecule has 0 radical (unpaired) electrons. The Kier molecular flexibility index (Phi) is 8.45. The van der Waals surface area contributed by atoms with Crippen LogP contribution in [0.5, 0.6) is 11.5 Å². The minimum Gasteiger partial charge on any atom is -0.506 e. The SMILES string of the molecule is COc1c2cc(C3CN=C([C@@H]4CCCN4C(=O)OC(C)(C)C)N3)sc2c(O)c2cc(-c3cnc([C@@H]4CCCN4C(=O)OC(C)(C)C)[nH]3)sc12. The third-order valence-corrected chi connectivity index (χ3v) is 11.4. The first kappa shape index (κ1) is 33.5. The zero-order chi connectivity index (χ0) is 34.8. The van der Waals surface area contributed by atoms with Crippen molar-refractivity contribution in [2.75, 3.05) is 26.7 Å². The molecule has 2 amide bonds. The maximum absolute atomic E-state index is 12.9. The van der Waals surface area contributed by atoms with Crippen molar-refractivity contribution in [3.05, 3.63) is 29.0 Å². The van der Waals surface area contributed by atoms with Gasteiger partial charge in [0.1, 0.15) is 34.4 Å². The number of imidazole rings is 1. The lowest BCUT2D eigenvalue weighted by Crippen LogP contribution is -2.46. The van der Waals surface area contributed by atoms with Crippen LogP contribution in [0.2, 0.25) is 0 Å². The Hall–Kier alpha value is -4.04. The number of ether oxygens (including phenoxy) is 3. The maximum atomic E-state index is 12.9. The highest BCUT2D eigenvalue weighted by molar-refractivity contribution is 7.23. The van der Waals surface area contributed by atoms with Crippen LogP contribution < -0.4 is 10.1 Å². The van der Waals surface area contributed by atoms with Gasteiger partial charge in [-0.1, -0.05) is 0 Å². The summed E-state index contributed by atoms with van der Waals surface area (Å²) in [6.45, 7) is 13.0. The molecule has 3 aliphatic rings. The molecule has 6 heterocycles. The van der Waals surface area contributed by atoms with Gasteiger partial charge in [0, 0.05) is 28.7 Å². The van der Waals surface area contributed by atoms with E-state index in [1.54, 1.807) is 23.1 Å². The highest BCUT2D eigenvalue weighted by Crippen LogP contribution is 2.51. The van der Waals surface area contributed by atoms with Gasteiger partial charge < -0.3 is 29.6 Å². The molecule has 0 spiro atoms. The second-order valence-corrected chi connectivity index (χ2v) is 17.0. The smallest absolute Gasteiger partial charge is 0.410 e. The van der Waals surface area contributed by atoms with E-state index in [1.807, 2.05) is 47.6 Å². The average molecular weight is 709 g/mol. The number of benzene rings is 1. The fraction of sp³-hybridized carbons (Fsp3) is 0.543. The number of nitrogens with one attached hydrogen (secondary N) is 2. The quantitative estimate of drug-likeness (QED) is 0.191. The van der Waals surface area contributed by atoms with Crippen molar-refractivity contribution in [2.45, 2.75) is 96.6 Å². The summed E-state index contributed by atoms with van der Waals surface area (Å²) in [5.74, 6) is 2.44. The molecule has 2 fully saturated rings. The number of hydrogen-bond donors (Lipinski definition) is 3. The molecule has 0 saturated carbocycles. The largest absolute Gasteiger partial charge is 0.506 e. The first-order valence-electron chi connectivity index (χ1n) is 16.8. The van der Waals surface area contributed by atoms with Gasteiger partial charge >= 0.3 is 12.2 Å². The summed E-state index contributed by atoms with van der Waals surface area (Å²) in [6.07, 6.45) is 4.55. The molecule has 262 valence electrons. The van der Waals surface area contributed by atoms with Crippen LogP contribution in [0.1, 0.15) is 90.0 Å². The van der Waals surface area contributed by atoms with Crippen molar-refractivity contribution in [1.29, 1.82) is 0 Å². The number of aromatic hydroxyl groups is 1. The van der Waals surface area contributed by atoms with E-state index in [1.165, 1.54) is 22.7 Å². The Labute approximate surface area is 293 Å². The molecule has 49 heavy (non-hydrogen) atoms. The predicted octanol–water partition coefficient (Wildman–Crippen LogP) is 7.73. The second-order valence-electron chi connectivity index (χ2n) is 14.9. The van der Waals surface area contributed by atoms with E-state index in [0.29, 0.717) is 30.8 Å². The number of likely N-dealkylation sites (tertiary alicyclic amines) is 2. The first-order chi connectivity index (χ1) is 23.2. The van der Waals surface area contributed by atoms with Gasteiger partial charge in [0.15, 0.2) is 0 Å². The Morgan fingerprint density at radius 2 is 1.57 bits per heavy atom. The predicted molar refractivity (Wildman–Crippen MR) is 192 cm³/mol. The number of amidine groups is 1. The summed E-state index contributed by atoms with van der Waals surface area (Å²) in [7, 11) is 1.65. The Balaban J connectivity index is 1.12. The Morgan fingerprint density at radius 3 is 2.22 bits per heavy atom. The number of H-pyrrole nitrogens is 1. The van der Waals surface area contributed by atoms with Gasteiger partial charge in [0.25, 0.3) is 0 Å². The number of nitrogens with zero attached hydrogens (tertiary/aromatic N) is 4. The lowest BCUT2D eigenvalue weighted by molar-refractivity contribution is 0.0216. The molecule has 3 atom stereocenters. The Morgan fingerprint density at radius 1 is 0.918 bits per heavy atom. The fourth-order valence-electron chi connectivity index (χ4n) is 6.88. The minimum atomic E-state index is -0.573. The number of fused-ring (bicyclic) bond motifs is 2. The Bertz CT molecular complexity index is 1950. The number of aromatic nitrogens is 2. The standard InChI is InChI=1S/C35H44N6O6S2/c1-34(2,3)46-32(43)40-12-8-10-22(40)30-36-16-20(38-30)24-14-18-26(42)28-19(27(45-7)29(18)49-24)15-25(48-28)21-17-37-31(39-21)23-11-9-13-41(23)33(44)47-35(4,5)6/h14-16,21-23,42H,8-13,17H2,1-7H3,(H,36,38)(H,37,39)/t21?,22-,23-/m0/s1. The maximum Gasteiger partial charge on any atom is 0.410 e. The van der Waals surface area contributed by atoms with Gasteiger partial charge in [0.05, 0.1) is 57.9 Å². The molecular weight excluding hydrogens is 665 g/mol. The summed E-state index contributed by atoms with van der Waals surface area (Å²) >= 11 is 3.04. The summed E-state index contributed by atoms with van der Waals surface area (Å²) in [5, 5.41) is 16.7. The number of amides is 2. The van der Waals surface area contributed by atoms with Crippen LogP contribution in [0.3, 0.4) is 0 Å². The first-order valence-corrected chi connectivity index (χ1v) is 18.5. The molecule has 7 rings (SSSR count). The van der Waals surface area contributed by atoms with Gasteiger partial charge in [0.2, 0.25) is 0 Å². The molecule has 14 heteroatoms. The number of rotatable bonds is 5. The van der Waals surface area contributed by atoms with Crippen LogP contribution in [0, 0.1) is 0 Å². The van der Waals surface area contributed by atoms with Crippen molar-refractivity contribution in [1.82, 2.24) is 25.1 Å². The summed E-state index contributed by atoms with van der Waals surface area (Å²) in [4.78, 5) is 44.2. The topological polar surface area (TPSA) is 142 Å². The van der Waals surface area contributed by atoms with Crippen molar-refractivity contribution in [3.63, 3.8) is 0 Å². The third kappa shape index (κ3) is 6.40. The van der Waals surface area contributed by atoms with E-state index in [9.17, 15) is 14.7 Å². The van der Waals surface area contributed by atoms with Crippen LogP contribution in [0.15, 0.2) is 23.3 Å². The molecule has 3 N–H and O–H groups in total. The summed E-state index contributed by atoms with van der Waals surface area (Å²) < 4.78 is 18.9. The molecule has 2 saturated heterocycles. The van der Waals surface area contributed by atoms with E-state index in [4.69, 9.17) is 19.2 Å². The number of carbonyl (C=O) groups excluding carboxylic acids is 2. The molecule has 1 unspecified atom stereocenters. The van der Waals surface area contributed by atoms with Gasteiger partial charge in [-0.05, 0) is 79.4 Å². The van der Waals surface area contributed by atoms with Crippen LogP contribution >= 0.6 is 22.7 Å². The molecule has 4 aromatic rings. The van der Waals surface area contributed by atoms with E-state index in [-0.39, 0.29) is 36.1 Å². The zero-order valence-corrected chi connectivity index (χ0v) is 30.6. The van der Waals surface area contributed by atoms with Crippen LogP contribution in [-0.2, 0) is 9.47 Å². The van der Waals surface area contributed by atoms with E-state index in [2.05, 4.69) is 21.4 Å². The van der Waals surface area contributed by atoms with Crippen molar-refractivity contribution >= 4 is 60.9 Å². The second kappa shape index (κ2) is 12.4. The van der Waals surface area contributed by atoms with Crippen molar-refractivity contribution < 1.29 is 28.9 Å². The van der Waals surface area contributed by atoms with E-state index in [0.717, 1.165) is 67.6 Å². The number of hydrogen-bond acceptors (Lipinski definition) is 11. The highest BCUT2D eigenvalue weighted by atomic mass is 32.1. The monoisotopic (exact) mass is 708 g/mol. The molecule has 3 aromatic heterocycles. The van der Waals surface area contributed by atoms with Gasteiger partial charge in [-0.25, -0.2) is 14.6 Å². The molecule has 12 nitrogen and oxygen atoms in total. The van der Waals surface area contributed by atoms with Crippen LogP contribution in [-0.4, -0.2) is 86.9 Å². The van der Waals surface area contributed by atoms with Gasteiger partial charge in [-0.3, -0.25) is 14.8 Å². The minimum absolute atomic E-state index is 0.0783. The molecule has 1 aromatic carbocycles. The summed E-state index contributed by atoms with van der Waals surface area (Å²) in [6, 6.07) is 3.64. The highest BCUT2D eigenvalue weighted by Gasteiger charge is 2.39. The third-order valence-electron chi connectivity index (χ3n) is 8.97. The van der Waals surface area contributed by atoms with Crippen LogP contribution in [0.4, 0.5) is 9.59 Å².